The van der Waals surface area contributed by atoms with E-state index in [0.29, 0.717) is 11.3 Å². The Labute approximate surface area is 176 Å². The van der Waals surface area contributed by atoms with Gasteiger partial charge in [-0.05, 0) is 69.7 Å². The van der Waals surface area contributed by atoms with Gasteiger partial charge < -0.3 is 20.1 Å². The second-order valence-electron chi connectivity index (χ2n) is 7.55. The Bertz CT molecular complexity index is 861. The molecule has 2 rings (SSSR count). The van der Waals surface area contributed by atoms with Crippen LogP contribution in [0.5, 0.6) is 0 Å². The fourth-order valence-corrected chi connectivity index (χ4v) is 2.55. The Kier molecular flexibility index (Phi) is 7.91. The summed E-state index contributed by atoms with van der Waals surface area (Å²) in [5.41, 5.74) is 1.01. The molecule has 0 radical (unpaired) electrons. The Hall–Kier alpha value is -3.42. The van der Waals surface area contributed by atoms with Crippen LogP contribution in [0.25, 0.3) is 0 Å². The predicted octanol–water partition coefficient (Wildman–Crippen LogP) is 3.33. The summed E-state index contributed by atoms with van der Waals surface area (Å²) in [4.78, 5) is 40.8. The molecule has 1 atom stereocenters. The molecule has 0 aliphatic carbocycles. The second kappa shape index (κ2) is 10.4. The minimum absolute atomic E-state index is 0.258. The molecule has 1 aromatic heterocycles. The first-order valence-corrected chi connectivity index (χ1v) is 9.64. The van der Waals surface area contributed by atoms with E-state index in [1.165, 1.54) is 0 Å². The van der Waals surface area contributed by atoms with Gasteiger partial charge in [-0.25, -0.2) is 9.59 Å². The van der Waals surface area contributed by atoms with Crippen LogP contribution in [0, 0.1) is 0 Å². The lowest BCUT2D eigenvalue weighted by Crippen LogP contribution is -2.47. The average molecular weight is 413 g/mol. The molecular formula is C22H27N3O5. The molecule has 0 fully saturated rings. The van der Waals surface area contributed by atoms with Crippen LogP contribution < -0.4 is 10.6 Å². The van der Waals surface area contributed by atoms with Crippen molar-refractivity contribution in [2.45, 2.75) is 45.8 Å². The van der Waals surface area contributed by atoms with E-state index in [0.717, 1.165) is 5.56 Å². The molecule has 0 saturated heterocycles. The second-order valence-corrected chi connectivity index (χ2v) is 7.55. The van der Waals surface area contributed by atoms with E-state index < -0.39 is 29.6 Å². The summed E-state index contributed by atoms with van der Waals surface area (Å²) in [6.45, 7) is 7.25. The number of benzene rings is 1. The smallest absolute Gasteiger partial charge is 0.408 e. The highest BCUT2D eigenvalue weighted by Gasteiger charge is 2.25. The van der Waals surface area contributed by atoms with E-state index in [4.69, 9.17) is 9.47 Å². The molecule has 2 aromatic rings. The first kappa shape index (κ1) is 22.9. The van der Waals surface area contributed by atoms with Gasteiger partial charge in [-0.1, -0.05) is 0 Å². The number of pyridine rings is 1. The maximum atomic E-state index is 12.9. The fourth-order valence-electron chi connectivity index (χ4n) is 2.55. The third kappa shape index (κ3) is 7.54. The van der Waals surface area contributed by atoms with Crippen molar-refractivity contribution >= 4 is 23.7 Å². The number of hydrogen-bond donors (Lipinski definition) is 2. The molecule has 0 aliphatic heterocycles. The molecule has 8 heteroatoms. The summed E-state index contributed by atoms with van der Waals surface area (Å²) in [6.07, 6.45) is 2.81. The molecule has 2 amide bonds. The number of carbonyl (C=O) groups excluding carboxylic acids is 3. The van der Waals surface area contributed by atoms with Crippen LogP contribution in [0.4, 0.5) is 10.5 Å². The number of anilines is 1. The number of rotatable bonds is 7. The quantitative estimate of drug-likeness (QED) is 0.675. The SMILES string of the molecule is CCOC(=O)c1ccc(NC(=O)C(Cc2ccncc2)NC(=O)OC(C)(C)C)cc1. The van der Waals surface area contributed by atoms with Crippen LogP contribution in [0.2, 0.25) is 0 Å². The summed E-state index contributed by atoms with van der Waals surface area (Å²) < 4.78 is 10.2. The van der Waals surface area contributed by atoms with E-state index >= 15 is 0 Å². The molecule has 2 N–H and O–H groups in total. The lowest BCUT2D eigenvalue weighted by Gasteiger charge is -2.23. The van der Waals surface area contributed by atoms with Crippen molar-refractivity contribution in [3.63, 3.8) is 0 Å². The topological polar surface area (TPSA) is 107 Å². The molecule has 0 aliphatic rings. The van der Waals surface area contributed by atoms with Gasteiger partial charge in [0.15, 0.2) is 0 Å². The standard InChI is InChI=1S/C22H27N3O5/c1-5-29-20(27)16-6-8-17(9-7-16)24-19(26)18(14-15-10-12-23-13-11-15)25-21(28)30-22(2,3)4/h6-13,18H,5,14H2,1-4H3,(H,24,26)(H,25,28). The van der Waals surface area contributed by atoms with Crippen molar-refractivity contribution < 1.29 is 23.9 Å². The first-order valence-electron chi connectivity index (χ1n) is 9.64. The molecule has 1 unspecified atom stereocenters. The zero-order valence-electron chi connectivity index (χ0n) is 17.6. The summed E-state index contributed by atoms with van der Waals surface area (Å²) in [6, 6.07) is 8.99. The Morgan fingerprint density at radius 3 is 2.23 bits per heavy atom. The Balaban J connectivity index is 2.11. The third-order valence-corrected chi connectivity index (χ3v) is 3.86. The van der Waals surface area contributed by atoms with Gasteiger partial charge in [0, 0.05) is 24.5 Å². The van der Waals surface area contributed by atoms with Gasteiger partial charge in [-0.3, -0.25) is 9.78 Å². The van der Waals surface area contributed by atoms with Crippen LogP contribution in [0.1, 0.15) is 43.6 Å². The molecule has 0 spiro atoms. The molecule has 160 valence electrons. The lowest BCUT2D eigenvalue weighted by atomic mass is 10.1. The maximum absolute atomic E-state index is 12.9. The molecule has 0 bridgehead atoms. The van der Waals surface area contributed by atoms with Crippen LogP contribution >= 0.6 is 0 Å². The summed E-state index contributed by atoms with van der Waals surface area (Å²) in [7, 11) is 0. The van der Waals surface area contributed by atoms with Crippen molar-refractivity contribution in [3.8, 4) is 0 Å². The highest BCUT2D eigenvalue weighted by atomic mass is 16.6. The van der Waals surface area contributed by atoms with E-state index in [-0.39, 0.29) is 13.0 Å². The number of aromatic nitrogens is 1. The van der Waals surface area contributed by atoms with Crippen LogP contribution in [-0.2, 0) is 20.7 Å². The lowest BCUT2D eigenvalue weighted by molar-refractivity contribution is -0.118. The number of esters is 1. The van der Waals surface area contributed by atoms with Crippen LogP contribution in [0.3, 0.4) is 0 Å². The van der Waals surface area contributed by atoms with Crippen molar-refractivity contribution in [1.82, 2.24) is 10.3 Å². The number of nitrogens with one attached hydrogen (secondary N) is 2. The zero-order chi connectivity index (χ0) is 22.1. The minimum Gasteiger partial charge on any atom is -0.462 e. The first-order chi connectivity index (χ1) is 14.2. The van der Waals surface area contributed by atoms with Crippen molar-refractivity contribution in [3.05, 3.63) is 59.9 Å². The third-order valence-electron chi connectivity index (χ3n) is 3.86. The average Bonchev–Trinajstić information content (AvgIpc) is 2.67. The summed E-state index contributed by atoms with van der Waals surface area (Å²) >= 11 is 0. The number of alkyl carbamates (subject to hydrolysis) is 1. The normalized spacial score (nSPS) is 11.9. The number of amides is 2. The largest absolute Gasteiger partial charge is 0.462 e. The Morgan fingerprint density at radius 2 is 1.67 bits per heavy atom. The van der Waals surface area contributed by atoms with E-state index in [2.05, 4.69) is 15.6 Å². The van der Waals surface area contributed by atoms with Crippen molar-refractivity contribution in [2.75, 3.05) is 11.9 Å². The highest BCUT2D eigenvalue weighted by Crippen LogP contribution is 2.13. The van der Waals surface area contributed by atoms with Crippen molar-refractivity contribution in [1.29, 1.82) is 0 Å². The maximum Gasteiger partial charge on any atom is 0.408 e. The molecule has 30 heavy (non-hydrogen) atoms. The zero-order valence-corrected chi connectivity index (χ0v) is 17.6. The summed E-state index contributed by atoms with van der Waals surface area (Å²) in [5, 5.41) is 5.37. The van der Waals surface area contributed by atoms with Crippen molar-refractivity contribution in [2.24, 2.45) is 0 Å². The Morgan fingerprint density at radius 1 is 1.03 bits per heavy atom. The predicted molar refractivity (Wildman–Crippen MR) is 112 cm³/mol. The van der Waals surface area contributed by atoms with E-state index in [9.17, 15) is 14.4 Å². The number of ether oxygens (including phenoxy) is 2. The molecular weight excluding hydrogens is 386 g/mol. The molecule has 0 saturated carbocycles. The van der Waals surface area contributed by atoms with Gasteiger partial charge >= 0.3 is 12.1 Å². The van der Waals surface area contributed by atoms with Gasteiger partial charge in [-0.15, -0.1) is 0 Å². The van der Waals surface area contributed by atoms with Gasteiger partial charge in [-0.2, -0.15) is 0 Å². The van der Waals surface area contributed by atoms with Gasteiger partial charge in [0.25, 0.3) is 0 Å². The van der Waals surface area contributed by atoms with E-state index in [1.54, 1.807) is 76.5 Å². The number of carbonyl (C=O) groups is 3. The monoisotopic (exact) mass is 413 g/mol. The summed E-state index contributed by atoms with van der Waals surface area (Å²) in [5.74, 6) is -0.848. The molecule has 1 heterocycles. The molecule has 8 nitrogen and oxygen atoms in total. The highest BCUT2D eigenvalue weighted by molar-refractivity contribution is 5.97. The minimum atomic E-state index is -0.869. The van der Waals surface area contributed by atoms with E-state index in [1.807, 2.05) is 0 Å². The fraction of sp³-hybridized carbons (Fsp3) is 0.364. The number of hydrogen-bond acceptors (Lipinski definition) is 6. The van der Waals surface area contributed by atoms with Gasteiger partial charge in [0.05, 0.1) is 12.2 Å². The van der Waals surface area contributed by atoms with Crippen LogP contribution in [-0.4, -0.2) is 41.2 Å². The van der Waals surface area contributed by atoms with Crippen LogP contribution in [0.15, 0.2) is 48.8 Å². The number of nitrogens with zero attached hydrogens (tertiary/aromatic N) is 1. The van der Waals surface area contributed by atoms with Gasteiger partial charge in [0.2, 0.25) is 5.91 Å². The van der Waals surface area contributed by atoms with Gasteiger partial charge in [0.1, 0.15) is 11.6 Å². The molecule has 1 aromatic carbocycles.